The Labute approximate surface area is 134 Å². The molecule has 3 rings (SSSR count). The molecule has 0 saturated carbocycles. The Morgan fingerprint density at radius 3 is 2.91 bits per heavy atom. The number of fused-ring (bicyclic) bond motifs is 1. The summed E-state index contributed by atoms with van der Waals surface area (Å²) >= 11 is 0. The lowest BCUT2D eigenvalue weighted by Gasteiger charge is -2.07. The molecule has 5 heteroatoms. The molecule has 3 aromatic rings. The number of nitrogens with one attached hydrogen (secondary N) is 1. The molecule has 0 aliphatic heterocycles. The zero-order chi connectivity index (χ0) is 16.2. The summed E-state index contributed by atoms with van der Waals surface area (Å²) in [5.41, 5.74) is 2.94. The van der Waals surface area contributed by atoms with Gasteiger partial charge in [0.2, 0.25) is 5.91 Å². The van der Waals surface area contributed by atoms with E-state index < -0.39 is 0 Å². The Bertz CT molecular complexity index is 839. The second-order valence-corrected chi connectivity index (χ2v) is 5.46. The minimum Gasteiger partial charge on any atom is -0.497 e. The lowest BCUT2D eigenvalue weighted by atomic mass is 10.2. The van der Waals surface area contributed by atoms with Crippen LogP contribution in [0, 0.1) is 6.92 Å². The summed E-state index contributed by atoms with van der Waals surface area (Å²) in [4.78, 5) is 12.1. The van der Waals surface area contributed by atoms with Gasteiger partial charge in [-0.1, -0.05) is 12.1 Å². The zero-order valence-electron chi connectivity index (χ0n) is 13.2. The van der Waals surface area contributed by atoms with Crippen LogP contribution in [-0.4, -0.2) is 22.8 Å². The van der Waals surface area contributed by atoms with Crippen LogP contribution in [0.15, 0.2) is 48.7 Å². The van der Waals surface area contributed by atoms with Crippen molar-refractivity contribution in [3.05, 3.63) is 54.2 Å². The van der Waals surface area contributed by atoms with Gasteiger partial charge in [0.05, 0.1) is 25.4 Å². The lowest BCUT2D eigenvalue weighted by molar-refractivity contribution is -0.116. The van der Waals surface area contributed by atoms with Crippen molar-refractivity contribution in [1.29, 1.82) is 0 Å². The Kier molecular flexibility index (Phi) is 4.28. The highest BCUT2D eigenvalue weighted by Crippen LogP contribution is 2.20. The molecule has 0 radical (unpaired) electrons. The third kappa shape index (κ3) is 3.51. The summed E-state index contributed by atoms with van der Waals surface area (Å²) in [7, 11) is 1.64. The molecular weight excluding hydrogens is 290 g/mol. The third-order valence-electron chi connectivity index (χ3n) is 3.70. The summed E-state index contributed by atoms with van der Waals surface area (Å²) in [5.74, 6) is 0.780. The Morgan fingerprint density at radius 2 is 2.13 bits per heavy atom. The van der Waals surface area contributed by atoms with Crippen LogP contribution in [0.3, 0.4) is 0 Å². The number of aryl methyl sites for hydroxylation is 2. The van der Waals surface area contributed by atoms with Crippen molar-refractivity contribution < 1.29 is 9.53 Å². The van der Waals surface area contributed by atoms with Gasteiger partial charge in [-0.25, -0.2) is 0 Å². The first-order valence-electron chi connectivity index (χ1n) is 7.52. The molecule has 0 saturated heterocycles. The van der Waals surface area contributed by atoms with Gasteiger partial charge >= 0.3 is 0 Å². The fourth-order valence-corrected chi connectivity index (χ4v) is 2.52. The zero-order valence-corrected chi connectivity index (χ0v) is 13.2. The summed E-state index contributed by atoms with van der Waals surface area (Å²) in [5, 5.41) is 8.26. The number of aromatic nitrogens is 2. The largest absolute Gasteiger partial charge is 0.497 e. The number of hydrogen-bond donors (Lipinski definition) is 1. The van der Waals surface area contributed by atoms with Crippen molar-refractivity contribution in [2.24, 2.45) is 0 Å². The average Bonchev–Trinajstić information content (AvgIpc) is 2.95. The van der Waals surface area contributed by atoms with Gasteiger partial charge in [-0.05, 0) is 42.8 Å². The van der Waals surface area contributed by atoms with E-state index in [-0.39, 0.29) is 5.91 Å². The minimum atomic E-state index is -0.0206. The summed E-state index contributed by atoms with van der Waals surface area (Å²) in [6.07, 6.45) is 2.16. The van der Waals surface area contributed by atoms with Gasteiger partial charge in [-0.3, -0.25) is 9.48 Å². The number of anilines is 1. The summed E-state index contributed by atoms with van der Waals surface area (Å²) < 4.78 is 7.04. The number of ether oxygens (including phenoxy) is 1. The molecule has 118 valence electrons. The number of rotatable bonds is 5. The van der Waals surface area contributed by atoms with Crippen LogP contribution in [0.1, 0.15) is 12.0 Å². The Hall–Kier alpha value is -2.82. The van der Waals surface area contributed by atoms with Crippen molar-refractivity contribution in [2.75, 3.05) is 12.4 Å². The molecule has 1 heterocycles. The third-order valence-corrected chi connectivity index (χ3v) is 3.70. The van der Waals surface area contributed by atoms with Gasteiger partial charge < -0.3 is 10.1 Å². The number of carbonyl (C=O) groups excluding carboxylic acids is 1. The Balaban J connectivity index is 1.65. The highest BCUT2D eigenvalue weighted by Gasteiger charge is 2.07. The standard InChI is InChI=1S/C18H19N3O2/c1-13-4-3-5-15(10-13)20-18(22)8-9-21-17-7-6-16(23-2)11-14(17)12-19-21/h3-7,10-12H,8-9H2,1-2H3,(H,20,22). The van der Waals surface area contributed by atoms with Crippen molar-refractivity contribution in [3.63, 3.8) is 0 Å². The molecule has 23 heavy (non-hydrogen) atoms. The molecule has 0 atom stereocenters. The lowest BCUT2D eigenvalue weighted by Crippen LogP contribution is -2.15. The van der Waals surface area contributed by atoms with E-state index in [1.165, 1.54) is 0 Å². The molecular formula is C18H19N3O2. The van der Waals surface area contributed by atoms with Crippen LogP contribution < -0.4 is 10.1 Å². The maximum absolute atomic E-state index is 12.1. The second kappa shape index (κ2) is 6.52. The SMILES string of the molecule is COc1ccc2c(cnn2CCC(=O)Nc2cccc(C)c2)c1. The normalized spacial score (nSPS) is 10.7. The fourth-order valence-electron chi connectivity index (χ4n) is 2.52. The smallest absolute Gasteiger partial charge is 0.226 e. The molecule has 0 bridgehead atoms. The number of amides is 1. The molecule has 2 aromatic carbocycles. The molecule has 0 spiro atoms. The van der Waals surface area contributed by atoms with E-state index in [0.29, 0.717) is 13.0 Å². The molecule has 0 fully saturated rings. The number of hydrogen-bond acceptors (Lipinski definition) is 3. The first-order valence-corrected chi connectivity index (χ1v) is 7.52. The molecule has 1 N–H and O–H groups in total. The summed E-state index contributed by atoms with van der Waals surface area (Å²) in [6.45, 7) is 2.54. The number of nitrogens with zero attached hydrogens (tertiary/aromatic N) is 2. The molecule has 0 aliphatic rings. The van der Waals surface area contributed by atoms with Gasteiger partial charge in [-0.15, -0.1) is 0 Å². The van der Waals surface area contributed by atoms with Crippen LogP contribution in [0.5, 0.6) is 5.75 Å². The quantitative estimate of drug-likeness (QED) is 0.786. The van der Waals surface area contributed by atoms with E-state index in [1.807, 2.05) is 54.1 Å². The first kappa shape index (κ1) is 15.1. The van der Waals surface area contributed by atoms with E-state index in [2.05, 4.69) is 10.4 Å². The van der Waals surface area contributed by atoms with Crippen LogP contribution in [0.4, 0.5) is 5.69 Å². The van der Waals surface area contributed by atoms with Crippen LogP contribution in [-0.2, 0) is 11.3 Å². The van der Waals surface area contributed by atoms with Crippen molar-refractivity contribution in [1.82, 2.24) is 9.78 Å². The highest BCUT2D eigenvalue weighted by atomic mass is 16.5. The van der Waals surface area contributed by atoms with E-state index in [0.717, 1.165) is 27.9 Å². The summed E-state index contributed by atoms with van der Waals surface area (Å²) in [6, 6.07) is 13.6. The molecule has 1 aromatic heterocycles. The molecule has 0 aliphatic carbocycles. The monoisotopic (exact) mass is 309 g/mol. The second-order valence-electron chi connectivity index (χ2n) is 5.46. The topological polar surface area (TPSA) is 56.2 Å². The first-order chi connectivity index (χ1) is 11.2. The van der Waals surface area contributed by atoms with Gasteiger partial charge in [0.1, 0.15) is 5.75 Å². The Morgan fingerprint density at radius 1 is 1.26 bits per heavy atom. The van der Waals surface area contributed by atoms with Gasteiger partial charge in [0.25, 0.3) is 0 Å². The van der Waals surface area contributed by atoms with E-state index in [4.69, 9.17) is 4.74 Å². The predicted octanol–water partition coefficient (Wildman–Crippen LogP) is 3.38. The number of carbonyl (C=O) groups is 1. The van der Waals surface area contributed by atoms with Crippen molar-refractivity contribution >= 4 is 22.5 Å². The van der Waals surface area contributed by atoms with E-state index in [1.54, 1.807) is 13.3 Å². The predicted molar refractivity (Wildman–Crippen MR) is 90.7 cm³/mol. The molecule has 5 nitrogen and oxygen atoms in total. The molecule has 1 amide bonds. The van der Waals surface area contributed by atoms with Crippen molar-refractivity contribution in [2.45, 2.75) is 19.9 Å². The highest BCUT2D eigenvalue weighted by molar-refractivity contribution is 5.90. The van der Waals surface area contributed by atoms with E-state index in [9.17, 15) is 4.79 Å². The van der Waals surface area contributed by atoms with Crippen LogP contribution in [0.25, 0.3) is 10.9 Å². The van der Waals surface area contributed by atoms with Gasteiger partial charge in [0, 0.05) is 17.5 Å². The van der Waals surface area contributed by atoms with Crippen molar-refractivity contribution in [3.8, 4) is 5.75 Å². The van der Waals surface area contributed by atoms with Crippen LogP contribution >= 0.6 is 0 Å². The van der Waals surface area contributed by atoms with Gasteiger partial charge in [-0.2, -0.15) is 5.10 Å². The van der Waals surface area contributed by atoms with Crippen LogP contribution in [0.2, 0.25) is 0 Å². The maximum Gasteiger partial charge on any atom is 0.226 e. The average molecular weight is 309 g/mol. The fraction of sp³-hybridized carbons (Fsp3) is 0.222. The maximum atomic E-state index is 12.1. The number of methoxy groups -OCH3 is 1. The van der Waals surface area contributed by atoms with E-state index >= 15 is 0 Å². The minimum absolute atomic E-state index is 0.0206. The number of benzene rings is 2. The molecule has 0 unspecified atom stereocenters. The van der Waals surface area contributed by atoms with Gasteiger partial charge in [0.15, 0.2) is 0 Å².